The van der Waals surface area contributed by atoms with Crippen LogP contribution in [0.4, 0.5) is 5.69 Å². The maximum absolute atomic E-state index is 14.1. The Bertz CT molecular complexity index is 1680. The largest absolute Gasteiger partial charge is 0.454 e. The number of hydrogen-bond acceptors (Lipinski definition) is 5. The van der Waals surface area contributed by atoms with Gasteiger partial charge in [-0.15, -0.1) is 0 Å². The molecule has 2 amide bonds. The minimum Gasteiger partial charge on any atom is -0.454 e. The quantitative estimate of drug-likeness (QED) is 0.130. The van der Waals surface area contributed by atoms with Crippen molar-refractivity contribution >= 4 is 45.2 Å². The lowest BCUT2D eigenvalue weighted by atomic mass is 9.55. The van der Waals surface area contributed by atoms with Gasteiger partial charge < -0.3 is 4.74 Å². The van der Waals surface area contributed by atoms with Crippen LogP contribution in [0.2, 0.25) is 0 Å². The molecule has 8 rings (SSSR count). The molecular formula is C33H22BrNO5. The van der Waals surface area contributed by atoms with E-state index in [2.05, 4.69) is 15.9 Å². The summed E-state index contributed by atoms with van der Waals surface area (Å²) in [6.07, 6.45) is 0. The number of alkyl halides is 1. The zero-order valence-electron chi connectivity index (χ0n) is 21.1. The Morgan fingerprint density at radius 3 is 2.02 bits per heavy atom. The summed E-state index contributed by atoms with van der Waals surface area (Å²) in [7, 11) is 0. The third kappa shape index (κ3) is 3.40. The summed E-state index contributed by atoms with van der Waals surface area (Å²) in [5.74, 6) is -3.13. The Kier molecular flexibility index (Phi) is 5.61. The average molecular weight is 592 g/mol. The van der Waals surface area contributed by atoms with Crippen LogP contribution >= 0.6 is 15.9 Å². The topological polar surface area (TPSA) is 80.8 Å². The maximum Gasteiger partial charge on any atom is 0.338 e. The van der Waals surface area contributed by atoms with E-state index in [0.717, 1.165) is 22.3 Å². The number of carbonyl (C=O) groups is 4. The maximum atomic E-state index is 14.1. The first-order valence-corrected chi connectivity index (χ1v) is 13.8. The summed E-state index contributed by atoms with van der Waals surface area (Å²) in [6, 6.07) is 30.8. The van der Waals surface area contributed by atoms with Crippen LogP contribution in [0, 0.1) is 11.8 Å². The van der Waals surface area contributed by atoms with Crippen LogP contribution in [0.25, 0.3) is 0 Å². The van der Waals surface area contributed by atoms with E-state index >= 15 is 0 Å². The number of carbonyl (C=O) groups excluding carboxylic acids is 4. The fraction of sp³-hybridized carbons (Fsp3) is 0.152. The number of hydrogen-bond donors (Lipinski definition) is 0. The number of halogens is 1. The number of nitrogens with zero attached hydrogens (tertiary/aromatic N) is 1. The first kappa shape index (κ1) is 24.7. The van der Waals surface area contributed by atoms with Gasteiger partial charge in [-0.1, -0.05) is 101 Å². The molecule has 4 aromatic rings. The van der Waals surface area contributed by atoms with Gasteiger partial charge in [0.05, 0.1) is 27.4 Å². The number of imide groups is 1. The van der Waals surface area contributed by atoms with Crippen molar-refractivity contribution in [3.8, 4) is 0 Å². The van der Waals surface area contributed by atoms with Gasteiger partial charge in [0.1, 0.15) is 0 Å². The molecule has 1 heterocycles. The van der Waals surface area contributed by atoms with Crippen molar-refractivity contribution in [2.45, 2.75) is 10.2 Å². The summed E-state index contributed by atoms with van der Waals surface area (Å²) in [4.78, 5) is 54.7. The van der Waals surface area contributed by atoms with Crippen LogP contribution < -0.4 is 4.90 Å². The lowest BCUT2D eigenvalue weighted by molar-refractivity contribution is -0.122. The molecule has 0 saturated carbocycles. The van der Waals surface area contributed by atoms with Crippen molar-refractivity contribution in [1.29, 1.82) is 0 Å². The van der Waals surface area contributed by atoms with E-state index < -0.39 is 28.7 Å². The van der Waals surface area contributed by atoms with E-state index in [1.54, 1.807) is 42.5 Å². The molecule has 1 aliphatic heterocycles. The number of amides is 2. The van der Waals surface area contributed by atoms with Crippen LogP contribution in [0.15, 0.2) is 103 Å². The molecule has 1 fully saturated rings. The molecule has 2 bridgehead atoms. The highest BCUT2D eigenvalue weighted by Gasteiger charge is 2.67. The van der Waals surface area contributed by atoms with Crippen LogP contribution in [0.3, 0.4) is 0 Å². The predicted octanol–water partition coefficient (Wildman–Crippen LogP) is 5.63. The number of Topliss-reactive ketones (excluding diaryl/α,β-unsaturated/α-hetero) is 1. The minimum absolute atomic E-state index is 0.150. The van der Waals surface area contributed by atoms with Crippen LogP contribution in [-0.4, -0.2) is 30.2 Å². The summed E-state index contributed by atoms with van der Waals surface area (Å²) >= 11 is 3.99. The van der Waals surface area contributed by atoms with E-state index in [-0.39, 0.29) is 29.1 Å². The molecule has 4 aromatic carbocycles. The Hall–Kier alpha value is -4.36. The summed E-state index contributed by atoms with van der Waals surface area (Å²) in [5.41, 5.74) is 4.99. The van der Waals surface area contributed by atoms with E-state index in [9.17, 15) is 19.2 Å². The lowest BCUT2D eigenvalue weighted by Gasteiger charge is -2.51. The molecular weight excluding hydrogens is 570 g/mol. The molecule has 7 heteroatoms. The first-order valence-electron chi connectivity index (χ1n) is 13.0. The standard InChI is InChI=1S/C33H22BrNO5/c34-33-24-15-6-4-13-22(24)27(23-14-5-7-16-25(23)33)28-29(33)31(38)35(30(28)37)21-12-8-11-20(17-21)32(39)40-18-26(36)19-9-2-1-3-10-19/h1-17,27-29H,18H2. The molecule has 4 aliphatic rings. The van der Waals surface area contributed by atoms with Crippen molar-refractivity contribution in [2.24, 2.45) is 11.8 Å². The Morgan fingerprint density at radius 1 is 0.750 bits per heavy atom. The summed E-state index contributed by atoms with van der Waals surface area (Å²) in [5, 5.41) is 0. The summed E-state index contributed by atoms with van der Waals surface area (Å²) < 4.78 is 4.42. The zero-order chi connectivity index (χ0) is 27.6. The Labute approximate surface area is 238 Å². The normalized spacial score (nSPS) is 23.8. The smallest absolute Gasteiger partial charge is 0.338 e. The summed E-state index contributed by atoms with van der Waals surface area (Å²) in [6.45, 7) is -0.414. The van der Waals surface area contributed by atoms with E-state index in [1.165, 1.54) is 17.0 Å². The second-order valence-electron chi connectivity index (χ2n) is 10.3. The highest BCUT2D eigenvalue weighted by molar-refractivity contribution is 9.09. The third-order valence-corrected chi connectivity index (χ3v) is 9.63. The fourth-order valence-electron chi connectivity index (χ4n) is 6.63. The van der Waals surface area contributed by atoms with Gasteiger partial charge in [0.25, 0.3) is 0 Å². The van der Waals surface area contributed by atoms with Gasteiger partial charge in [-0.25, -0.2) is 9.69 Å². The highest BCUT2D eigenvalue weighted by Crippen LogP contribution is 2.66. The van der Waals surface area contributed by atoms with Gasteiger partial charge >= 0.3 is 5.97 Å². The number of esters is 1. The molecule has 196 valence electrons. The molecule has 0 aromatic heterocycles. The van der Waals surface area contributed by atoms with Gasteiger partial charge in [0, 0.05) is 11.5 Å². The van der Waals surface area contributed by atoms with E-state index in [4.69, 9.17) is 4.74 Å². The number of rotatable bonds is 5. The molecule has 2 unspecified atom stereocenters. The second kappa shape index (κ2) is 9.10. The van der Waals surface area contributed by atoms with E-state index in [0.29, 0.717) is 11.3 Å². The minimum atomic E-state index is -0.852. The number of ether oxygens (including phenoxy) is 1. The second-order valence-corrected chi connectivity index (χ2v) is 11.5. The molecule has 0 spiro atoms. The van der Waals surface area contributed by atoms with Crippen molar-refractivity contribution < 1.29 is 23.9 Å². The van der Waals surface area contributed by atoms with Gasteiger partial charge in [0.15, 0.2) is 12.4 Å². The number of ketones is 1. The monoisotopic (exact) mass is 591 g/mol. The number of anilines is 1. The Balaban J connectivity index is 1.22. The molecule has 3 aliphatic carbocycles. The SMILES string of the molecule is O=C(COC(=O)c1cccc(N2C(=O)C3C4c5ccccc5C(Br)(c5ccccc54)C3C2=O)c1)c1ccccc1. The molecule has 6 nitrogen and oxygen atoms in total. The predicted molar refractivity (Wildman–Crippen MR) is 151 cm³/mol. The molecule has 2 atom stereocenters. The van der Waals surface area contributed by atoms with Gasteiger partial charge in [-0.3, -0.25) is 14.4 Å². The van der Waals surface area contributed by atoms with Crippen LogP contribution in [0.1, 0.15) is 48.9 Å². The van der Waals surface area contributed by atoms with Crippen molar-refractivity contribution in [3.63, 3.8) is 0 Å². The zero-order valence-corrected chi connectivity index (χ0v) is 22.7. The molecule has 40 heavy (non-hydrogen) atoms. The van der Waals surface area contributed by atoms with Crippen molar-refractivity contribution in [3.05, 3.63) is 137 Å². The number of benzene rings is 4. The third-order valence-electron chi connectivity index (χ3n) is 8.28. The van der Waals surface area contributed by atoms with Crippen molar-refractivity contribution in [2.75, 3.05) is 11.5 Å². The highest BCUT2D eigenvalue weighted by atomic mass is 79.9. The lowest BCUT2D eigenvalue weighted by Crippen LogP contribution is -2.50. The molecule has 1 saturated heterocycles. The Morgan fingerprint density at radius 2 is 1.35 bits per heavy atom. The van der Waals surface area contributed by atoms with E-state index in [1.807, 2.05) is 48.5 Å². The molecule has 0 radical (unpaired) electrons. The van der Waals surface area contributed by atoms with Gasteiger partial charge in [-0.2, -0.15) is 0 Å². The average Bonchev–Trinajstić information content (AvgIpc) is 3.27. The first-order chi connectivity index (χ1) is 19.4. The van der Waals surface area contributed by atoms with Crippen molar-refractivity contribution in [1.82, 2.24) is 0 Å². The molecule has 0 N–H and O–H groups in total. The fourth-order valence-corrected chi connectivity index (χ4v) is 7.83. The van der Waals surface area contributed by atoms with Crippen LogP contribution in [-0.2, 0) is 18.7 Å². The van der Waals surface area contributed by atoms with Gasteiger partial charge in [0.2, 0.25) is 11.8 Å². The van der Waals surface area contributed by atoms with Gasteiger partial charge in [-0.05, 0) is 40.5 Å². The van der Waals surface area contributed by atoms with Crippen LogP contribution in [0.5, 0.6) is 0 Å².